The van der Waals surface area contributed by atoms with Crippen LogP contribution in [0.4, 0.5) is 4.79 Å². The molecule has 0 spiro atoms. The Bertz CT molecular complexity index is 1310. The number of hydrogen-bond donors (Lipinski definition) is 2. The van der Waals surface area contributed by atoms with Crippen LogP contribution in [0.15, 0.2) is 90.1 Å². The van der Waals surface area contributed by atoms with Crippen molar-refractivity contribution in [2.24, 2.45) is 0 Å². The second kappa shape index (κ2) is 10.6. The molecule has 1 aliphatic rings. The summed E-state index contributed by atoms with van der Waals surface area (Å²) in [5.74, 6) is -0.845. The van der Waals surface area contributed by atoms with E-state index in [0.29, 0.717) is 11.4 Å². The summed E-state index contributed by atoms with van der Waals surface area (Å²) in [6.45, 7) is 3.76. The molecule has 1 amide bonds. The second-order valence-electron chi connectivity index (χ2n) is 8.48. The van der Waals surface area contributed by atoms with Crippen molar-refractivity contribution in [3.8, 4) is 11.1 Å². The molecule has 4 rings (SSSR count). The van der Waals surface area contributed by atoms with Crippen molar-refractivity contribution >= 4 is 29.2 Å². The second-order valence-corrected chi connectivity index (χ2v) is 8.89. The van der Waals surface area contributed by atoms with E-state index in [0.717, 1.165) is 44.7 Å². The number of rotatable bonds is 7. The molecule has 1 aliphatic carbocycles. The van der Waals surface area contributed by atoms with E-state index in [4.69, 9.17) is 21.4 Å². The number of ether oxygens (including phenoxy) is 1. The number of hydrogen-bond acceptors (Lipinski definition) is 3. The van der Waals surface area contributed by atoms with Crippen molar-refractivity contribution in [2.45, 2.75) is 32.8 Å². The highest BCUT2D eigenvalue weighted by atomic mass is 35.5. The van der Waals surface area contributed by atoms with Crippen LogP contribution in [0.2, 0.25) is 5.02 Å². The summed E-state index contributed by atoms with van der Waals surface area (Å²) < 4.78 is 5.59. The van der Waals surface area contributed by atoms with Gasteiger partial charge >= 0.3 is 12.1 Å². The van der Waals surface area contributed by atoms with Crippen LogP contribution in [0, 0.1) is 0 Å². The first-order chi connectivity index (χ1) is 16.8. The zero-order valence-electron chi connectivity index (χ0n) is 19.5. The molecule has 1 atom stereocenters. The quantitative estimate of drug-likeness (QED) is 0.370. The van der Waals surface area contributed by atoms with Gasteiger partial charge in [-0.3, -0.25) is 10.1 Å². The minimum absolute atomic E-state index is 0.00903. The number of carbonyl (C=O) groups excluding carboxylic acids is 1. The van der Waals surface area contributed by atoms with Crippen LogP contribution < -0.4 is 5.32 Å². The van der Waals surface area contributed by atoms with Gasteiger partial charge in [0.25, 0.3) is 0 Å². The standard InChI is InChI=1S/C29H26ClNO4/c1-18-7-16-25(28(18)31-29(34)35-19(2)24-5-3-4-6-26(24)30)23-14-12-22(13-15-23)21-10-8-20(9-11-21)17-27(32)33/h3-15,19H,16-17H2,1-2H3,(H,31,34)(H,32,33). The lowest BCUT2D eigenvalue weighted by Gasteiger charge is -2.17. The third-order valence-corrected chi connectivity index (χ3v) is 6.38. The van der Waals surface area contributed by atoms with Crippen LogP contribution in [-0.4, -0.2) is 17.2 Å². The molecule has 178 valence electrons. The fourth-order valence-electron chi connectivity index (χ4n) is 4.15. The summed E-state index contributed by atoms with van der Waals surface area (Å²) in [5.41, 5.74) is 7.34. The van der Waals surface area contributed by atoms with Gasteiger partial charge in [-0.05, 0) is 59.7 Å². The Hall–Kier alpha value is -3.83. The fourth-order valence-corrected chi connectivity index (χ4v) is 4.44. The third kappa shape index (κ3) is 5.81. The van der Waals surface area contributed by atoms with Gasteiger partial charge < -0.3 is 9.84 Å². The molecule has 0 saturated heterocycles. The van der Waals surface area contributed by atoms with Gasteiger partial charge in [-0.1, -0.05) is 84.4 Å². The minimum atomic E-state index is -0.845. The molecule has 0 aliphatic heterocycles. The molecule has 0 aromatic heterocycles. The van der Waals surface area contributed by atoms with Crippen molar-refractivity contribution in [1.29, 1.82) is 0 Å². The molecular weight excluding hydrogens is 462 g/mol. The topological polar surface area (TPSA) is 75.6 Å². The lowest BCUT2D eigenvalue weighted by atomic mass is 9.98. The number of amides is 1. The highest BCUT2D eigenvalue weighted by Crippen LogP contribution is 2.34. The highest BCUT2D eigenvalue weighted by molar-refractivity contribution is 6.31. The monoisotopic (exact) mass is 487 g/mol. The van der Waals surface area contributed by atoms with E-state index in [2.05, 4.69) is 11.4 Å². The summed E-state index contributed by atoms with van der Waals surface area (Å²) in [6, 6.07) is 22.9. The van der Waals surface area contributed by atoms with E-state index in [1.165, 1.54) is 0 Å². The number of carbonyl (C=O) groups is 2. The molecule has 1 unspecified atom stereocenters. The number of allylic oxidation sites excluding steroid dienone is 3. The number of alkyl carbamates (subject to hydrolysis) is 1. The minimum Gasteiger partial charge on any atom is -0.481 e. The molecule has 6 heteroatoms. The predicted octanol–water partition coefficient (Wildman–Crippen LogP) is 7.18. The Morgan fingerprint density at radius 2 is 1.57 bits per heavy atom. The summed E-state index contributed by atoms with van der Waals surface area (Å²) in [4.78, 5) is 23.6. The van der Waals surface area contributed by atoms with Crippen LogP contribution in [0.3, 0.4) is 0 Å². The van der Waals surface area contributed by atoms with E-state index < -0.39 is 18.2 Å². The van der Waals surface area contributed by atoms with Crippen LogP contribution in [-0.2, 0) is 16.0 Å². The SMILES string of the molecule is CC1=CCC(c2ccc(-c3ccc(CC(=O)O)cc3)cc2)=C1NC(=O)OC(C)c1ccccc1Cl. The van der Waals surface area contributed by atoms with Crippen LogP contribution in [0.25, 0.3) is 16.7 Å². The Labute approximate surface area is 209 Å². The first-order valence-corrected chi connectivity index (χ1v) is 11.7. The average molecular weight is 488 g/mol. The molecule has 3 aromatic carbocycles. The zero-order valence-corrected chi connectivity index (χ0v) is 20.3. The molecule has 0 radical (unpaired) electrons. The van der Waals surface area contributed by atoms with Crippen LogP contribution in [0.1, 0.15) is 43.1 Å². The maximum absolute atomic E-state index is 12.7. The summed E-state index contributed by atoms with van der Waals surface area (Å²) in [7, 11) is 0. The first kappa shape index (κ1) is 24.3. The van der Waals surface area contributed by atoms with Crippen molar-refractivity contribution in [2.75, 3.05) is 0 Å². The molecule has 0 saturated carbocycles. The smallest absolute Gasteiger partial charge is 0.412 e. The largest absolute Gasteiger partial charge is 0.481 e. The van der Waals surface area contributed by atoms with Gasteiger partial charge in [0.15, 0.2) is 0 Å². The molecule has 5 nitrogen and oxygen atoms in total. The number of halogens is 1. The highest BCUT2D eigenvalue weighted by Gasteiger charge is 2.21. The maximum atomic E-state index is 12.7. The third-order valence-electron chi connectivity index (χ3n) is 6.04. The van der Waals surface area contributed by atoms with Crippen molar-refractivity contribution in [1.82, 2.24) is 5.32 Å². The van der Waals surface area contributed by atoms with Crippen LogP contribution in [0.5, 0.6) is 0 Å². The van der Waals surface area contributed by atoms with Crippen molar-refractivity contribution in [3.05, 3.63) is 112 Å². The first-order valence-electron chi connectivity index (χ1n) is 11.4. The number of carboxylic acid groups (broad SMARTS) is 1. The van der Waals surface area contributed by atoms with Gasteiger partial charge in [-0.25, -0.2) is 4.79 Å². The Morgan fingerprint density at radius 1 is 0.971 bits per heavy atom. The van der Waals surface area contributed by atoms with E-state index >= 15 is 0 Å². The lowest BCUT2D eigenvalue weighted by molar-refractivity contribution is -0.136. The summed E-state index contributed by atoms with van der Waals surface area (Å²) in [6.07, 6.45) is 1.79. The molecular formula is C29H26ClNO4. The Morgan fingerprint density at radius 3 is 2.20 bits per heavy atom. The maximum Gasteiger partial charge on any atom is 0.412 e. The van der Waals surface area contributed by atoms with E-state index in [-0.39, 0.29) is 6.42 Å². The normalized spacial score (nSPS) is 13.9. The van der Waals surface area contributed by atoms with Gasteiger partial charge in [0, 0.05) is 10.6 Å². The summed E-state index contributed by atoms with van der Waals surface area (Å²) >= 11 is 6.23. The van der Waals surface area contributed by atoms with Gasteiger partial charge in [0.05, 0.1) is 12.1 Å². The zero-order chi connectivity index (χ0) is 24.9. The van der Waals surface area contributed by atoms with Gasteiger partial charge in [0.1, 0.15) is 6.10 Å². The fraction of sp³-hybridized carbons (Fsp3) is 0.172. The number of aliphatic carboxylic acids is 1. The van der Waals surface area contributed by atoms with E-state index in [1.54, 1.807) is 13.0 Å². The molecule has 0 fully saturated rings. The van der Waals surface area contributed by atoms with Gasteiger partial charge in [0.2, 0.25) is 0 Å². The molecule has 35 heavy (non-hydrogen) atoms. The molecule has 0 bridgehead atoms. The van der Waals surface area contributed by atoms with Crippen LogP contribution >= 0.6 is 11.6 Å². The Kier molecular flexibility index (Phi) is 7.37. The average Bonchev–Trinajstić information content (AvgIpc) is 3.19. The molecule has 0 heterocycles. The van der Waals surface area contributed by atoms with Gasteiger partial charge in [-0.2, -0.15) is 0 Å². The summed E-state index contributed by atoms with van der Waals surface area (Å²) in [5, 5.41) is 12.4. The molecule has 3 aromatic rings. The predicted molar refractivity (Wildman–Crippen MR) is 138 cm³/mol. The molecule has 2 N–H and O–H groups in total. The van der Waals surface area contributed by atoms with Crippen molar-refractivity contribution < 1.29 is 19.4 Å². The van der Waals surface area contributed by atoms with E-state index in [9.17, 15) is 9.59 Å². The Balaban J connectivity index is 1.48. The van der Waals surface area contributed by atoms with Gasteiger partial charge in [-0.15, -0.1) is 0 Å². The van der Waals surface area contributed by atoms with Crippen molar-refractivity contribution in [3.63, 3.8) is 0 Å². The lowest BCUT2D eigenvalue weighted by Crippen LogP contribution is -2.25. The number of nitrogens with one attached hydrogen (secondary N) is 1. The van der Waals surface area contributed by atoms with E-state index in [1.807, 2.05) is 73.7 Å². The number of benzene rings is 3. The number of carboxylic acids is 1.